The molecule has 0 radical (unpaired) electrons. The summed E-state index contributed by atoms with van der Waals surface area (Å²) < 4.78 is 0. The third kappa shape index (κ3) is 22.3. The van der Waals surface area contributed by atoms with E-state index in [1.807, 2.05) is 0 Å². The van der Waals surface area contributed by atoms with Gasteiger partial charge >= 0.3 is 0 Å². The van der Waals surface area contributed by atoms with E-state index in [1.54, 1.807) is 0 Å². The second-order valence-electron chi connectivity index (χ2n) is 5.73. The molecule has 0 spiro atoms. The summed E-state index contributed by atoms with van der Waals surface area (Å²) in [7, 11) is 0. The van der Waals surface area contributed by atoms with E-state index in [-0.39, 0.29) is 13.2 Å². The van der Waals surface area contributed by atoms with Gasteiger partial charge in [-0.15, -0.1) is 0 Å². The molecule has 0 aliphatic carbocycles. The number of aliphatic hydroxyl groups excluding tert-OH is 4. The van der Waals surface area contributed by atoms with Crippen LogP contribution in [0.4, 0.5) is 0 Å². The molecule has 130 valence electrons. The Balaban J connectivity index is 0. The van der Waals surface area contributed by atoms with E-state index in [0.717, 1.165) is 25.7 Å². The molecule has 0 aliphatic heterocycles. The zero-order chi connectivity index (χ0) is 16.3. The van der Waals surface area contributed by atoms with Gasteiger partial charge in [0.05, 0.1) is 25.4 Å². The first kappa shape index (κ1) is 23.1. The first-order chi connectivity index (χ1) is 10.1. The normalized spacial score (nSPS) is 13.4. The number of hydrogen-bond donors (Lipinski definition) is 4. The average Bonchev–Trinajstić information content (AvgIpc) is 2.51. The van der Waals surface area contributed by atoms with Gasteiger partial charge in [-0.3, -0.25) is 0 Å². The van der Waals surface area contributed by atoms with Gasteiger partial charge in [0, 0.05) is 0 Å². The smallest absolute Gasteiger partial charge is 0.0770 e. The molecule has 0 aromatic carbocycles. The van der Waals surface area contributed by atoms with E-state index in [2.05, 4.69) is 13.8 Å². The summed E-state index contributed by atoms with van der Waals surface area (Å²) in [5.74, 6) is 0. The standard InChI is InChI=1S/C9H20O2.C8H18O2/c1-2-3-4-5-6-7-9(11)8-10;1-2-3-4-5-6-8(10)7-9/h9-11H,2-8H2,1H3;8-10H,2-7H2,1H3. The van der Waals surface area contributed by atoms with Gasteiger partial charge in [0.2, 0.25) is 0 Å². The highest BCUT2D eigenvalue weighted by Gasteiger charge is 2.00. The lowest BCUT2D eigenvalue weighted by molar-refractivity contribution is 0.0860. The first-order valence-corrected chi connectivity index (χ1v) is 8.70. The monoisotopic (exact) mass is 306 g/mol. The largest absolute Gasteiger partial charge is 0.394 e. The molecule has 0 heterocycles. The Hall–Kier alpha value is -0.160. The Labute approximate surface area is 131 Å². The summed E-state index contributed by atoms with van der Waals surface area (Å²) in [4.78, 5) is 0. The van der Waals surface area contributed by atoms with Crippen LogP contribution in [0, 0.1) is 0 Å². The van der Waals surface area contributed by atoms with Gasteiger partial charge in [0.25, 0.3) is 0 Å². The summed E-state index contributed by atoms with van der Waals surface area (Å²) in [5.41, 5.74) is 0. The Kier molecular flexibility index (Phi) is 21.8. The number of hydrogen-bond acceptors (Lipinski definition) is 4. The maximum Gasteiger partial charge on any atom is 0.0770 e. The molecule has 2 unspecified atom stereocenters. The van der Waals surface area contributed by atoms with Crippen molar-refractivity contribution in [2.24, 2.45) is 0 Å². The van der Waals surface area contributed by atoms with Gasteiger partial charge in [0.15, 0.2) is 0 Å². The average molecular weight is 306 g/mol. The summed E-state index contributed by atoms with van der Waals surface area (Å²) in [5, 5.41) is 34.8. The van der Waals surface area contributed by atoms with Crippen molar-refractivity contribution >= 4 is 0 Å². The number of rotatable bonds is 13. The molecule has 0 saturated heterocycles. The maximum absolute atomic E-state index is 8.96. The van der Waals surface area contributed by atoms with E-state index < -0.39 is 12.2 Å². The molecule has 0 amide bonds. The van der Waals surface area contributed by atoms with E-state index in [1.165, 1.54) is 44.9 Å². The van der Waals surface area contributed by atoms with Crippen molar-refractivity contribution in [2.45, 2.75) is 96.7 Å². The second-order valence-corrected chi connectivity index (χ2v) is 5.73. The molecule has 0 saturated carbocycles. The molecule has 2 atom stereocenters. The lowest BCUT2D eigenvalue weighted by Crippen LogP contribution is -2.10. The van der Waals surface area contributed by atoms with E-state index >= 15 is 0 Å². The SMILES string of the molecule is CCCCCCC(O)CO.CCCCCCCC(O)CO. The highest BCUT2D eigenvalue weighted by Crippen LogP contribution is 2.06. The number of aliphatic hydroxyl groups is 4. The molecule has 21 heavy (non-hydrogen) atoms. The van der Waals surface area contributed by atoms with E-state index in [0.29, 0.717) is 0 Å². The van der Waals surface area contributed by atoms with Crippen LogP contribution in [0.3, 0.4) is 0 Å². The second kappa shape index (κ2) is 19.8. The van der Waals surface area contributed by atoms with Crippen molar-refractivity contribution in [1.82, 2.24) is 0 Å². The van der Waals surface area contributed by atoms with Crippen LogP contribution in [0.15, 0.2) is 0 Å². The van der Waals surface area contributed by atoms with Crippen molar-refractivity contribution in [3.8, 4) is 0 Å². The van der Waals surface area contributed by atoms with Crippen LogP contribution in [0.2, 0.25) is 0 Å². The van der Waals surface area contributed by atoms with Gasteiger partial charge in [-0.05, 0) is 12.8 Å². The molecule has 4 N–H and O–H groups in total. The minimum absolute atomic E-state index is 0.0895. The van der Waals surface area contributed by atoms with Crippen molar-refractivity contribution in [2.75, 3.05) is 13.2 Å². The zero-order valence-electron chi connectivity index (χ0n) is 14.1. The molecule has 4 nitrogen and oxygen atoms in total. The van der Waals surface area contributed by atoms with Crippen molar-refractivity contribution in [3.05, 3.63) is 0 Å². The van der Waals surface area contributed by atoms with Crippen LogP contribution in [0.5, 0.6) is 0 Å². The minimum Gasteiger partial charge on any atom is -0.394 e. The van der Waals surface area contributed by atoms with Crippen LogP contribution in [0.1, 0.15) is 84.5 Å². The van der Waals surface area contributed by atoms with Crippen LogP contribution in [-0.2, 0) is 0 Å². The highest BCUT2D eigenvalue weighted by molar-refractivity contribution is 4.53. The van der Waals surface area contributed by atoms with Crippen LogP contribution >= 0.6 is 0 Å². The lowest BCUT2D eigenvalue weighted by Gasteiger charge is -2.05. The Morgan fingerprint density at radius 3 is 1.24 bits per heavy atom. The Bertz CT molecular complexity index is 176. The summed E-state index contributed by atoms with van der Waals surface area (Å²) in [6, 6.07) is 0. The number of unbranched alkanes of at least 4 members (excludes halogenated alkanes) is 7. The predicted molar refractivity (Wildman–Crippen MR) is 88.3 cm³/mol. The van der Waals surface area contributed by atoms with Gasteiger partial charge in [-0.1, -0.05) is 71.6 Å². The predicted octanol–water partition coefficient (Wildman–Crippen LogP) is 3.01. The molecule has 4 heteroatoms. The maximum atomic E-state index is 8.96. The van der Waals surface area contributed by atoms with Gasteiger partial charge in [-0.25, -0.2) is 0 Å². The first-order valence-electron chi connectivity index (χ1n) is 8.70. The molecule has 0 aliphatic rings. The molecule has 0 aromatic heterocycles. The zero-order valence-corrected chi connectivity index (χ0v) is 14.1. The quantitative estimate of drug-likeness (QED) is 0.394. The summed E-state index contributed by atoms with van der Waals surface area (Å²) in [6.45, 7) is 4.16. The van der Waals surface area contributed by atoms with Gasteiger partial charge < -0.3 is 20.4 Å². The summed E-state index contributed by atoms with van der Waals surface area (Å²) in [6.07, 6.45) is 11.2. The van der Waals surface area contributed by atoms with Crippen molar-refractivity contribution in [1.29, 1.82) is 0 Å². The lowest BCUT2D eigenvalue weighted by atomic mass is 10.1. The van der Waals surface area contributed by atoms with E-state index in [4.69, 9.17) is 20.4 Å². The topological polar surface area (TPSA) is 80.9 Å². The Morgan fingerprint density at radius 1 is 0.571 bits per heavy atom. The van der Waals surface area contributed by atoms with Crippen LogP contribution in [-0.4, -0.2) is 45.8 Å². The fourth-order valence-electron chi connectivity index (χ4n) is 1.97. The van der Waals surface area contributed by atoms with Gasteiger partial charge in [-0.2, -0.15) is 0 Å². The molecular formula is C17H38O4. The van der Waals surface area contributed by atoms with E-state index in [9.17, 15) is 0 Å². The van der Waals surface area contributed by atoms with Crippen LogP contribution < -0.4 is 0 Å². The third-order valence-corrected chi connectivity index (χ3v) is 3.45. The molecule has 0 fully saturated rings. The van der Waals surface area contributed by atoms with Gasteiger partial charge in [0.1, 0.15) is 0 Å². The molecular weight excluding hydrogens is 268 g/mol. The molecule has 0 rings (SSSR count). The third-order valence-electron chi connectivity index (χ3n) is 3.45. The molecule has 0 bridgehead atoms. The Morgan fingerprint density at radius 2 is 0.905 bits per heavy atom. The highest BCUT2D eigenvalue weighted by atomic mass is 16.3. The minimum atomic E-state index is -0.489. The molecule has 0 aromatic rings. The fraction of sp³-hybridized carbons (Fsp3) is 1.00. The van der Waals surface area contributed by atoms with Crippen molar-refractivity contribution < 1.29 is 20.4 Å². The van der Waals surface area contributed by atoms with Crippen molar-refractivity contribution in [3.63, 3.8) is 0 Å². The van der Waals surface area contributed by atoms with Crippen LogP contribution in [0.25, 0.3) is 0 Å². The summed E-state index contributed by atoms with van der Waals surface area (Å²) >= 11 is 0. The fourth-order valence-corrected chi connectivity index (χ4v) is 1.97.